The number of methoxy groups -OCH3 is 1. The Kier molecular flexibility index (Phi) is 3.70. The summed E-state index contributed by atoms with van der Waals surface area (Å²) in [6, 6.07) is 5.35. The fourth-order valence-corrected chi connectivity index (χ4v) is 1.44. The molecule has 0 heterocycles. The van der Waals surface area contributed by atoms with Crippen LogP contribution in [0.3, 0.4) is 0 Å². The van der Waals surface area contributed by atoms with Crippen LogP contribution in [0.25, 0.3) is 0 Å². The summed E-state index contributed by atoms with van der Waals surface area (Å²) >= 11 is 5.67. The second kappa shape index (κ2) is 4.81. The molecule has 0 aliphatic rings. The molecule has 0 atom stereocenters. The van der Waals surface area contributed by atoms with Crippen molar-refractivity contribution in [2.45, 2.75) is 12.8 Å². The predicted molar refractivity (Wildman–Crippen MR) is 56.8 cm³/mol. The molecule has 0 bridgehead atoms. The fourth-order valence-electron chi connectivity index (χ4n) is 1.29. The van der Waals surface area contributed by atoms with Crippen LogP contribution in [-0.2, 0) is 10.6 Å². The number of nitrogens with zero attached hydrogens (tertiary/aromatic N) is 1. The number of carbonyl (C=O) groups is 1. The van der Waals surface area contributed by atoms with Gasteiger partial charge in [0.05, 0.1) is 24.3 Å². The lowest BCUT2D eigenvalue weighted by Crippen LogP contribution is -2.06. The van der Waals surface area contributed by atoms with Crippen LogP contribution in [0.4, 0.5) is 0 Å². The minimum Gasteiger partial charge on any atom is -0.465 e. The Hall–Kier alpha value is -1.53. The van der Waals surface area contributed by atoms with Gasteiger partial charge in [0, 0.05) is 5.88 Å². The van der Waals surface area contributed by atoms with Gasteiger partial charge in [-0.1, -0.05) is 0 Å². The first-order chi connectivity index (χ1) is 7.13. The SMILES string of the molecule is COC(=O)c1cc(CCl)cc(C#N)c1C. The van der Waals surface area contributed by atoms with Gasteiger partial charge in [-0.15, -0.1) is 11.6 Å². The largest absolute Gasteiger partial charge is 0.465 e. The molecule has 1 aromatic carbocycles. The standard InChI is InChI=1S/C11H10ClNO2/c1-7-9(6-13)3-8(5-12)4-10(7)11(14)15-2/h3-4H,5H2,1-2H3. The Morgan fingerprint density at radius 1 is 1.60 bits per heavy atom. The van der Waals surface area contributed by atoms with Crippen LogP contribution in [0.1, 0.15) is 27.0 Å². The molecule has 0 amide bonds. The number of alkyl halides is 1. The normalized spacial score (nSPS) is 9.47. The van der Waals surface area contributed by atoms with Crippen LogP contribution < -0.4 is 0 Å². The van der Waals surface area contributed by atoms with E-state index in [4.69, 9.17) is 16.9 Å². The number of hydrogen-bond acceptors (Lipinski definition) is 3. The van der Waals surface area contributed by atoms with Crippen molar-refractivity contribution in [1.82, 2.24) is 0 Å². The fraction of sp³-hybridized carbons (Fsp3) is 0.273. The van der Waals surface area contributed by atoms with E-state index < -0.39 is 5.97 Å². The number of halogens is 1. The first-order valence-corrected chi connectivity index (χ1v) is 4.85. The number of esters is 1. The summed E-state index contributed by atoms with van der Waals surface area (Å²) in [5.41, 5.74) is 2.21. The van der Waals surface area contributed by atoms with Crippen LogP contribution in [0.2, 0.25) is 0 Å². The second-order valence-electron chi connectivity index (χ2n) is 3.05. The van der Waals surface area contributed by atoms with Crippen LogP contribution in [-0.4, -0.2) is 13.1 Å². The summed E-state index contributed by atoms with van der Waals surface area (Å²) in [6.45, 7) is 1.71. The van der Waals surface area contributed by atoms with E-state index in [2.05, 4.69) is 4.74 Å². The van der Waals surface area contributed by atoms with E-state index in [-0.39, 0.29) is 5.88 Å². The van der Waals surface area contributed by atoms with Gasteiger partial charge >= 0.3 is 5.97 Å². The van der Waals surface area contributed by atoms with Gasteiger partial charge < -0.3 is 4.74 Å². The molecule has 0 saturated heterocycles. The Morgan fingerprint density at radius 2 is 2.27 bits per heavy atom. The lowest BCUT2D eigenvalue weighted by molar-refractivity contribution is 0.0600. The van der Waals surface area contributed by atoms with E-state index in [1.165, 1.54) is 7.11 Å². The zero-order chi connectivity index (χ0) is 11.4. The zero-order valence-corrected chi connectivity index (χ0v) is 9.26. The van der Waals surface area contributed by atoms with E-state index in [1.807, 2.05) is 6.07 Å². The van der Waals surface area contributed by atoms with E-state index in [0.29, 0.717) is 16.7 Å². The van der Waals surface area contributed by atoms with Gasteiger partial charge in [0.1, 0.15) is 0 Å². The molecule has 4 heteroatoms. The second-order valence-corrected chi connectivity index (χ2v) is 3.32. The maximum atomic E-state index is 11.4. The quantitative estimate of drug-likeness (QED) is 0.571. The van der Waals surface area contributed by atoms with Gasteiger partial charge in [-0.3, -0.25) is 0 Å². The minimum atomic E-state index is -0.448. The summed E-state index contributed by atoms with van der Waals surface area (Å²) in [7, 11) is 1.31. The third-order valence-corrected chi connectivity index (χ3v) is 2.46. The van der Waals surface area contributed by atoms with Crippen LogP contribution in [0, 0.1) is 18.3 Å². The third kappa shape index (κ3) is 2.28. The molecule has 78 valence electrons. The minimum absolute atomic E-state index is 0.263. The molecular formula is C11H10ClNO2. The van der Waals surface area contributed by atoms with Crippen LogP contribution in [0.5, 0.6) is 0 Å². The Balaban J connectivity index is 3.38. The molecule has 0 fully saturated rings. The van der Waals surface area contributed by atoms with Gasteiger partial charge in [-0.25, -0.2) is 4.79 Å². The van der Waals surface area contributed by atoms with Crippen molar-refractivity contribution in [3.05, 3.63) is 34.4 Å². The smallest absolute Gasteiger partial charge is 0.338 e. The molecule has 0 saturated carbocycles. The highest BCUT2D eigenvalue weighted by Gasteiger charge is 2.13. The number of carbonyl (C=O) groups excluding carboxylic acids is 1. The molecule has 0 radical (unpaired) electrons. The van der Waals surface area contributed by atoms with Crippen molar-refractivity contribution in [1.29, 1.82) is 5.26 Å². The Morgan fingerprint density at radius 3 is 2.73 bits per heavy atom. The molecule has 0 unspecified atom stereocenters. The van der Waals surface area contributed by atoms with Crippen molar-refractivity contribution in [3.63, 3.8) is 0 Å². The first-order valence-electron chi connectivity index (χ1n) is 4.32. The van der Waals surface area contributed by atoms with E-state index in [1.54, 1.807) is 19.1 Å². The topological polar surface area (TPSA) is 50.1 Å². The highest BCUT2D eigenvalue weighted by Crippen LogP contribution is 2.18. The molecule has 0 aliphatic carbocycles. The van der Waals surface area contributed by atoms with E-state index in [0.717, 1.165) is 5.56 Å². The van der Waals surface area contributed by atoms with Crippen LogP contribution in [0.15, 0.2) is 12.1 Å². The van der Waals surface area contributed by atoms with Crippen molar-refractivity contribution in [3.8, 4) is 6.07 Å². The van der Waals surface area contributed by atoms with Gasteiger partial charge in [0.15, 0.2) is 0 Å². The van der Waals surface area contributed by atoms with E-state index in [9.17, 15) is 4.79 Å². The lowest BCUT2D eigenvalue weighted by Gasteiger charge is -2.07. The average molecular weight is 224 g/mol. The highest BCUT2D eigenvalue weighted by atomic mass is 35.5. The van der Waals surface area contributed by atoms with Crippen molar-refractivity contribution >= 4 is 17.6 Å². The maximum Gasteiger partial charge on any atom is 0.338 e. The van der Waals surface area contributed by atoms with Gasteiger partial charge in [0.2, 0.25) is 0 Å². The lowest BCUT2D eigenvalue weighted by atomic mass is 10.00. The maximum absolute atomic E-state index is 11.4. The van der Waals surface area contributed by atoms with Crippen molar-refractivity contribution in [2.24, 2.45) is 0 Å². The molecule has 3 nitrogen and oxygen atoms in total. The van der Waals surface area contributed by atoms with E-state index >= 15 is 0 Å². The van der Waals surface area contributed by atoms with Gasteiger partial charge in [-0.05, 0) is 30.2 Å². The molecule has 0 aromatic heterocycles. The first kappa shape index (κ1) is 11.5. The molecule has 0 spiro atoms. The van der Waals surface area contributed by atoms with Crippen LogP contribution >= 0.6 is 11.6 Å². The van der Waals surface area contributed by atoms with Crippen molar-refractivity contribution in [2.75, 3.05) is 7.11 Å². The molecule has 1 aromatic rings. The van der Waals surface area contributed by atoms with Gasteiger partial charge in [0.25, 0.3) is 0 Å². The van der Waals surface area contributed by atoms with Crippen molar-refractivity contribution < 1.29 is 9.53 Å². The predicted octanol–water partition coefficient (Wildman–Crippen LogP) is 2.39. The molecule has 0 N–H and O–H groups in total. The number of ether oxygens (including phenoxy) is 1. The summed E-state index contributed by atoms with van der Waals surface area (Å²) in [6.07, 6.45) is 0. The molecule has 15 heavy (non-hydrogen) atoms. The third-order valence-electron chi connectivity index (χ3n) is 2.15. The van der Waals surface area contributed by atoms with Gasteiger partial charge in [-0.2, -0.15) is 5.26 Å². The molecule has 0 aliphatic heterocycles. The number of rotatable bonds is 2. The number of benzene rings is 1. The summed E-state index contributed by atoms with van der Waals surface area (Å²) in [5.74, 6) is -0.185. The zero-order valence-electron chi connectivity index (χ0n) is 8.50. The Bertz CT molecular complexity index is 435. The number of nitriles is 1. The average Bonchev–Trinajstić information content (AvgIpc) is 2.28. The monoisotopic (exact) mass is 223 g/mol. The summed E-state index contributed by atoms with van der Waals surface area (Å²) in [4.78, 5) is 11.4. The molecule has 1 rings (SSSR count). The highest BCUT2D eigenvalue weighted by molar-refractivity contribution is 6.17. The Labute approximate surface area is 93.2 Å². The number of hydrogen-bond donors (Lipinski definition) is 0. The summed E-state index contributed by atoms with van der Waals surface area (Å²) < 4.78 is 4.62. The molecular weight excluding hydrogens is 214 g/mol. The summed E-state index contributed by atoms with van der Waals surface area (Å²) in [5, 5.41) is 8.87.